The van der Waals surface area contributed by atoms with Gasteiger partial charge in [-0.1, -0.05) is 12.1 Å². The molecule has 0 N–H and O–H groups in total. The second-order valence-corrected chi connectivity index (χ2v) is 8.89. The molecule has 0 saturated heterocycles. The van der Waals surface area contributed by atoms with Gasteiger partial charge in [0, 0.05) is 18.3 Å². The van der Waals surface area contributed by atoms with Crippen LogP contribution in [0.5, 0.6) is 0 Å². The molecule has 1 aliphatic carbocycles. The lowest BCUT2D eigenvalue weighted by molar-refractivity contribution is -0.138. The summed E-state index contributed by atoms with van der Waals surface area (Å²) in [6.07, 6.45) is -1.93. The van der Waals surface area contributed by atoms with E-state index in [2.05, 4.69) is 17.1 Å². The molecule has 3 aromatic rings. The van der Waals surface area contributed by atoms with Crippen molar-refractivity contribution >= 4 is 11.6 Å². The second kappa shape index (κ2) is 7.40. The van der Waals surface area contributed by atoms with Crippen LogP contribution in [0.2, 0.25) is 0 Å². The molecule has 2 heterocycles. The topological polar surface area (TPSA) is 51.0 Å². The van der Waals surface area contributed by atoms with E-state index in [-0.39, 0.29) is 29.2 Å². The maximum atomic E-state index is 13.6. The van der Waals surface area contributed by atoms with Crippen molar-refractivity contribution in [1.29, 1.82) is 0 Å². The number of hydrogen-bond acceptors (Lipinski definition) is 3. The van der Waals surface area contributed by atoms with Crippen LogP contribution < -0.4 is 4.90 Å². The zero-order valence-corrected chi connectivity index (χ0v) is 17.9. The third kappa shape index (κ3) is 3.32. The lowest BCUT2D eigenvalue weighted by Crippen LogP contribution is -2.45. The molecule has 0 atom stereocenters. The van der Waals surface area contributed by atoms with Gasteiger partial charge in [-0.25, -0.2) is 0 Å². The van der Waals surface area contributed by atoms with Crippen molar-refractivity contribution in [3.05, 3.63) is 83.3 Å². The third-order valence-corrected chi connectivity index (χ3v) is 6.75. The molecule has 1 fully saturated rings. The molecule has 1 aromatic heterocycles. The molecule has 1 amide bonds. The van der Waals surface area contributed by atoms with E-state index in [4.69, 9.17) is 0 Å². The molecule has 5 rings (SSSR count). The summed E-state index contributed by atoms with van der Waals surface area (Å²) < 4.78 is 56.0. The van der Waals surface area contributed by atoms with Crippen LogP contribution in [0.15, 0.2) is 42.7 Å². The van der Waals surface area contributed by atoms with Crippen molar-refractivity contribution in [1.82, 2.24) is 14.8 Å². The van der Waals surface area contributed by atoms with Gasteiger partial charge in [0.1, 0.15) is 12.2 Å². The fraction of sp³-hybridized carbons (Fsp3) is 0.333. The number of rotatable bonds is 4. The van der Waals surface area contributed by atoms with E-state index in [1.165, 1.54) is 11.0 Å². The van der Waals surface area contributed by atoms with Crippen LogP contribution in [0, 0.1) is 12.8 Å². The van der Waals surface area contributed by atoms with Crippen molar-refractivity contribution in [3.63, 3.8) is 0 Å². The van der Waals surface area contributed by atoms with E-state index >= 15 is 0 Å². The first-order chi connectivity index (χ1) is 15.6. The van der Waals surface area contributed by atoms with Crippen molar-refractivity contribution in [2.24, 2.45) is 13.0 Å². The zero-order valence-electron chi connectivity index (χ0n) is 17.9. The van der Waals surface area contributed by atoms with Gasteiger partial charge in [0.25, 0.3) is 5.91 Å². The van der Waals surface area contributed by atoms with Crippen LogP contribution in [0.3, 0.4) is 0 Å². The van der Waals surface area contributed by atoms with Crippen molar-refractivity contribution in [2.75, 3.05) is 11.6 Å². The minimum atomic E-state index is -4.58. The molecule has 33 heavy (non-hydrogen) atoms. The van der Waals surface area contributed by atoms with Gasteiger partial charge in [-0.2, -0.15) is 13.2 Å². The number of amides is 1. The van der Waals surface area contributed by atoms with Crippen molar-refractivity contribution < 1.29 is 22.4 Å². The number of aryl methyl sites for hydroxylation is 1. The Balaban J connectivity index is 1.55. The number of aromatic nitrogens is 3. The van der Waals surface area contributed by atoms with Crippen LogP contribution in [0.25, 0.3) is 0 Å². The maximum Gasteiger partial charge on any atom is 0.416 e. The molecule has 5 nitrogen and oxygen atoms in total. The number of fused-ring (bicyclic) bond motifs is 1. The van der Waals surface area contributed by atoms with Gasteiger partial charge in [-0.15, -0.1) is 10.2 Å². The highest BCUT2D eigenvalue weighted by molar-refractivity contribution is 6.10. The number of anilines is 1. The van der Waals surface area contributed by atoms with E-state index in [1.54, 1.807) is 29.1 Å². The van der Waals surface area contributed by atoms with Gasteiger partial charge in [0.2, 0.25) is 0 Å². The Morgan fingerprint density at radius 1 is 1.21 bits per heavy atom. The van der Waals surface area contributed by atoms with Gasteiger partial charge in [-0.3, -0.25) is 9.18 Å². The second-order valence-electron chi connectivity index (χ2n) is 8.89. The normalized spacial score (nSPS) is 22.4. The summed E-state index contributed by atoms with van der Waals surface area (Å²) in [6, 6.07) is 9.51. The van der Waals surface area contributed by atoms with E-state index < -0.39 is 29.7 Å². The van der Waals surface area contributed by atoms with Gasteiger partial charge < -0.3 is 9.47 Å². The van der Waals surface area contributed by atoms with Crippen molar-refractivity contribution in [2.45, 2.75) is 31.0 Å². The van der Waals surface area contributed by atoms with Crippen molar-refractivity contribution in [3.8, 4) is 0 Å². The lowest BCUT2D eigenvalue weighted by atomic mass is 9.58. The minimum Gasteiger partial charge on any atom is -0.320 e. The van der Waals surface area contributed by atoms with E-state index in [1.807, 2.05) is 13.1 Å². The summed E-state index contributed by atoms with van der Waals surface area (Å²) in [7, 11) is 1.82. The fourth-order valence-electron chi connectivity index (χ4n) is 5.20. The summed E-state index contributed by atoms with van der Waals surface area (Å²) in [5.74, 6) is 0.0930. The first-order valence-electron chi connectivity index (χ1n) is 10.5. The molecule has 1 aliphatic heterocycles. The van der Waals surface area contributed by atoms with Gasteiger partial charge in [0.15, 0.2) is 0 Å². The quantitative estimate of drug-likeness (QED) is 0.527. The predicted octanol–water partition coefficient (Wildman–Crippen LogP) is 4.84. The summed E-state index contributed by atoms with van der Waals surface area (Å²) in [4.78, 5) is 14.5. The molecule has 1 radical (unpaired) electrons. The molecule has 0 unspecified atom stereocenters. The number of benzene rings is 2. The molecule has 0 spiro atoms. The highest BCUT2D eigenvalue weighted by Crippen LogP contribution is 2.52. The van der Waals surface area contributed by atoms with Crippen LogP contribution in [-0.4, -0.2) is 27.3 Å². The van der Waals surface area contributed by atoms with Crippen LogP contribution in [-0.2, 0) is 25.2 Å². The van der Waals surface area contributed by atoms with Crippen LogP contribution >= 0.6 is 0 Å². The zero-order chi connectivity index (χ0) is 23.5. The smallest absolute Gasteiger partial charge is 0.320 e. The molecular formula is C24H21F4N4O. The van der Waals surface area contributed by atoms with E-state index in [9.17, 15) is 22.4 Å². The first kappa shape index (κ1) is 21.6. The lowest BCUT2D eigenvalue weighted by Gasteiger charge is -2.46. The Morgan fingerprint density at radius 3 is 2.61 bits per heavy atom. The fourth-order valence-corrected chi connectivity index (χ4v) is 5.20. The SMILES string of the molecule is [CH2]c1cc2c(c(C(F)(F)F)c1)CN(c1cccc(C3(c4nncn4C)CC(CF)C3)c1)C2=O. The Kier molecular flexibility index (Phi) is 4.84. The number of carbonyl (C=O) groups excluding carboxylic acids is 1. The third-order valence-electron chi connectivity index (χ3n) is 6.75. The monoisotopic (exact) mass is 457 g/mol. The van der Waals surface area contributed by atoms with E-state index in [0.29, 0.717) is 24.4 Å². The number of halogens is 4. The highest BCUT2D eigenvalue weighted by Gasteiger charge is 2.50. The Bertz CT molecular complexity index is 1240. The molecular weight excluding hydrogens is 436 g/mol. The number of nitrogens with zero attached hydrogens (tertiary/aromatic N) is 4. The summed E-state index contributed by atoms with van der Waals surface area (Å²) >= 11 is 0. The first-order valence-corrected chi connectivity index (χ1v) is 10.5. The molecule has 2 aliphatic rings. The predicted molar refractivity (Wildman–Crippen MR) is 113 cm³/mol. The average molecular weight is 457 g/mol. The molecule has 171 valence electrons. The minimum absolute atomic E-state index is 0.0179. The van der Waals surface area contributed by atoms with E-state index in [0.717, 1.165) is 11.6 Å². The summed E-state index contributed by atoms with van der Waals surface area (Å²) in [5, 5.41) is 8.22. The Morgan fingerprint density at radius 2 is 1.97 bits per heavy atom. The Labute approximate surface area is 188 Å². The number of hydrogen-bond donors (Lipinski definition) is 0. The Hall–Kier alpha value is -3.23. The highest BCUT2D eigenvalue weighted by atomic mass is 19.4. The summed E-state index contributed by atoms with van der Waals surface area (Å²) in [6.45, 7) is 2.98. The maximum absolute atomic E-state index is 13.6. The number of carbonyl (C=O) groups is 1. The van der Waals surface area contributed by atoms with Crippen LogP contribution in [0.4, 0.5) is 23.2 Å². The largest absolute Gasteiger partial charge is 0.416 e. The number of alkyl halides is 4. The van der Waals surface area contributed by atoms with Crippen LogP contribution in [0.1, 0.15) is 51.3 Å². The summed E-state index contributed by atoms with van der Waals surface area (Å²) in [5.41, 5.74) is 0.0240. The average Bonchev–Trinajstić information content (AvgIpc) is 3.31. The molecule has 1 saturated carbocycles. The van der Waals surface area contributed by atoms with Gasteiger partial charge in [-0.05, 0) is 66.6 Å². The standard InChI is InChI=1S/C24H21F4N4O/c1-14-6-18-19(20(7-14)24(26,27)28)12-32(21(18)33)17-5-3-4-16(8-17)23(9-15(10-23)11-25)22-30-29-13-31(22)2/h3-8,13,15H,1,9-12H2,2H3. The molecule has 9 heteroatoms. The van der Waals surface area contributed by atoms with Gasteiger partial charge in [0.05, 0.1) is 24.2 Å². The molecule has 0 bridgehead atoms. The molecule has 2 aromatic carbocycles. The van der Waals surface area contributed by atoms with Gasteiger partial charge >= 0.3 is 6.18 Å².